The third kappa shape index (κ3) is 5.07. The number of hydrogen-bond donors (Lipinski definition) is 1. The molecule has 1 N–H and O–H groups in total. The first-order valence-corrected chi connectivity index (χ1v) is 10.1. The highest BCUT2D eigenvalue weighted by molar-refractivity contribution is 7.13. The monoisotopic (exact) mass is 388 g/mol. The van der Waals surface area contributed by atoms with E-state index in [0.717, 1.165) is 37.0 Å². The molecule has 0 unspecified atom stereocenters. The topological polar surface area (TPSA) is 77.5 Å². The SMILES string of the molecule is COc1ccc(-c2nc(C(=O)O[C@H](C)C(=O)NC3CCCCC3)cs2)cc1. The summed E-state index contributed by atoms with van der Waals surface area (Å²) in [4.78, 5) is 28.9. The number of hydrogen-bond acceptors (Lipinski definition) is 6. The lowest BCUT2D eigenvalue weighted by Crippen LogP contribution is -2.42. The molecule has 0 bridgehead atoms. The van der Waals surface area contributed by atoms with Gasteiger partial charge < -0.3 is 14.8 Å². The van der Waals surface area contributed by atoms with Crippen LogP contribution in [0.1, 0.15) is 49.5 Å². The molecule has 0 radical (unpaired) electrons. The minimum Gasteiger partial charge on any atom is -0.497 e. The normalized spacial score (nSPS) is 15.8. The molecule has 6 nitrogen and oxygen atoms in total. The van der Waals surface area contributed by atoms with Gasteiger partial charge in [0.15, 0.2) is 11.8 Å². The van der Waals surface area contributed by atoms with Crippen LogP contribution >= 0.6 is 11.3 Å². The summed E-state index contributed by atoms with van der Waals surface area (Å²) < 4.78 is 10.4. The molecule has 1 atom stereocenters. The van der Waals surface area contributed by atoms with Crippen molar-refractivity contribution >= 4 is 23.2 Å². The fourth-order valence-corrected chi connectivity index (χ4v) is 3.87. The molecular formula is C20H24N2O4S. The Kier molecular flexibility index (Phi) is 6.45. The number of benzene rings is 1. The third-order valence-electron chi connectivity index (χ3n) is 4.65. The maximum Gasteiger partial charge on any atom is 0.358 e. The van der Waals surface area contributed by atoms with E-state index in [9.17, 15) is 9.59 Å². The third-order valence-corrected chi connectivity index (χ3v) is 5.55. The second-order valence-electron chi connectivity index (χ2n) is 6.66. The van der Waals surface area contributed by atoms with Gasteiger partial charge in [-0.2, -0.15) is 0 Å². The number of carbonyl (C=O) groups excluding carboxylic acids is 2. The molecule has 27 heavy (non-hydrogen) atoms. The van der Waals surface area contributed by atoms with Crippen molar-refractivity contribution in [3.8, 4) is 16.3 Å². The van der Waals surface area contributed by atoms with E-state index in [0.29, 0.717) is 5.01 Å². The van der Waals surface area contributed by atoms with Gasteiger partial charge >= 0.3 is 5.97 Å². The molecular weight excluding hydrogens is 364 g/mol. The van der Waals surface area contributed by atoms with Gasteiger partial charge in [0.05, 0.1) is 7.11 Å². The van der Waals surface area contributed by atoms with Gasteiger partial charge in [0.2, 0.25) is 0 Å². The molecule has 1 amide bonds. The first-order valence-electron chi connectivity index (χ1n) is 9.18. The molecule has 1 aliphatic carbocycles. The van der Waals surface area contributed by atoms with Crippen LogP contribution in [-0.2, 0) is 9.53 Å². The summed E-state index contributed by atoms with van der Waals surface area (Å²) in [6.07, 6.45) is 4.62. The maximum absolute atomic E-state index is 12.3. The highest BCUT2D eigenvalue weighted by Crippen LogP contribution is 2.26. The zero-order valence-corrected chi connectivity index (χ0v) is 16.4. The summed E-state index contributed by atoms with van der Waals surface area (Å²) >= 11 is 1.36. The number of rotatable bonds is 6. The van der Waals surface area contributed by atoms with Crippen LogP contribution in [0.5, 0.6) is 5.75 Å². The van der Waals surface area contributed by atoms with Crippen LogP contribution < -0.4 is 10.1 Å². The van der Waals surface area contributed by atoms with E-state index in [-0.39, 0.29) is 17.6 Å². The number of ether oxygens (including phenoxy) is 2. The van der Waals surface area contributed by atoms with E-state index in [4.69, 9.17) is 9.47 Å². The molecule has 0 aliphatic heterocycles. The summed E-state index contributed by atoms with van der Waals surface area (Å²) in [6.45, 7) is 1.59. The average Bonchev–Trinajstić information content (AvgIpc) is 3.19. The first-order chi connectivity index (χ1) is 13.1. The predicted molar refractivity (Wildman–Crippen MR) is 104 cm³/mol. The predicted octanol–water partition coefficient (Wildman–Crippen LogP) is 3.81. The summed E-state index contributed by atoms with van der Waals surface area (Å²) in [6, 6.07) is 7.63. The number of methoxy groups -OCH3 is 1. The lowest BCUT2D eigenvalue weighted by atomic mass is 9.95. The molecule has 2 aromatic rings. The largest absolute Gasteiger partial charge is 0.497 e. The van der Waals surface area contributed by atoms with E-state index in [1.54, 1.807) is 19.4 Å². The van der Waals surface area contributed by atoms with Gasteiger partial charge in [0.1, 0.15) is 10.8 Å². The van der Waals surface area contributed by atoms with E-state index >= 15 is 0 Å². The zero-order valence-electron chi connectivity index (χ0n) is 15.6. The standard InChI is InChI=1S/C20H24N2O4S/c1-13(18(23)21-15-6-4-3-5-7-15)26-20(24)17-12-27-19(22-17)14-8-10-16(25-2)11-9-14/h8-13,15H,3-7H2,1-2H3,(H,21,23)/t13-/m1/s1. The fraction of sp³-hybridized carbons (Fsp3) is 0.450. The number of thiazole rings is 1. The van der Waals surface area contributed by atoms with Crippen LogP contribution in [0, 0.1) is 0 Å². The molecule has 1 aliphatic rings. The van der Waals surface area contributed by atoms with Crippen molar-refractivity contribution in [3.63, 3.8) is 0 Å². The van der Waals surface area contributed by atoms with Gasteiger partial charge in [-0.25, -0.2) is 9.78 Å². The smallest absolute Gasteiger partial charge is 0.358 e. The molecule has 0 spiro atoms. The Labute approximate surface area is 162 Å². The van der Waals surface area contributed by atoms with Crippen molar-refractivity contribution in [2.75, 3.05) is 7.11 Å². The van der Waals surface area contributed by atoms with Crippen LogP contribution in [0.25, 0.3) is 10.6 Å². The summed E-state index contributed by atoms with van der Waals surface area (Å²) in [5.41, 5.74) is 1.10. The minimum absolute atomic E-state index is 0.188. The number of aromatic nitrogens is 1. The van der Waals surface area contributed by atoms with Crippen molar-refractivity contribution in [1.82, 2.24) is 10.3 Å². The summed E-state index contributed by atoms with van der Waals surface area (Å²) in [7, 11) is 1.61. The van der Waals surface area contributed by atoms with Crippen LogP contribution in [0.3, 0.4) is 0 Å². The van der Waals surface area contributed by atoms with E-state index in [1.807, 2.05) is 24.3 Å². The van der Waals surface area contributed by atoms with E-state index in [1.165, 1.54) is 17.8 Å². The Morgan fingerprint density at radius 2 is 1.89 bits per heavy atom. The first kappa shape index (κ1) is 19.4. The molecule has 1 aromatic heterocycles. The number of carbonyl (C=O) groups is 2. The molecule has 1 aromatic carbocycles. The number of esters is 1. The second-order valence-corrected chi connectivity index (χ2v) is 7.52. The van der Waals surface area contributed by atoms with Gasteiger partial charge in [0.25, 0.3) is 5.91 Å². The Bertz CT molecular complexity index is 782. The fourth-order valence-electron chi connectivity index (χ4n) is 3.07. The van der Waals surface area contributed by atoms with Crippen LogP contribution in [0.2, 0.25) is 0 Å². The van der Waals surface area contributed by atoms with Crippen molar-refractivity contribution in [1.29, 1.82) is 0 Å². The lowest BCUT2D eigenvalue weighted by molar-refractivity contribution is -0.130. The molecule has 1 saturated carbocycles. The van der Waals surface area contributed by atoms with Gasteiger partial charge in [-0.15, -0.1) is 11.3 Å². The molecule has 3 rings (SSSR count). The Hall–Kier alpha value is -2.41. The molecule has 144 valence electrons. The van der Waals surface area contributed by atoms with Crippen molar-refractivity contribution in [2.45, 2.75) is 51.2 Å². The highest BCUT2D eigenvalue weighted by Gasteiger charge is 2.24. The quantitative estimate of drug-likeness (QED) is 0.762. The Morgan fingerprint density at radius 1 is 1.19 bits per heavy atom. The molecule has 0 saturated heterocycles. The van der Waals surface area contributed by atoms with Gasteiger partial charge in [-0.3, -0.25) is 4.79 Å². The lowest BCUT2D eigenvalue weighted by Gasteiger charge is -2.24. The Morgan fingerprint density at radius 3 is 2.56 bits per heavy atom. The average molecular weight is 388 g/mol. The maximum atomic E-state index is 12.3. The van der Waals surface area contributed by atoms with Crippen LogP contribution in [0.4, 0.5) is 0 Å². The van der Waals surface area contributed by atoms with Gasteiger partial charge in [-0.05, 0) is 44.0 Å². The zero-order chi connectivity index (χ0) is 19.2. The second kappa shape index (κ2) is 8.99. The highest BCUT2D eigenvalue weighted by atomic mass is 32.1. The van der Waals surface area contributed by atoms with Crippen molar-refractivity contribution in [2.24, 2.45) is 0 Å². The number of amides is 1. The van der Waals surface area contributed by atoms with Crippen molar-refractivity contribution < 1.29 is 19.1 Å². The number of nitrogens with one attached hydrogen (secondary N) is 1. The minimum atomic E-state index is -0.842. The summed E-state index contributed by atoms with van der Waals surface area (Å²) in [5.74, 6) is -0.0779. The molecule has 1 fully saturated rings. The number of nitrogens with zero attached hydrogens (tertiary/aromatic N) is 1. The molecule has 1 heterocycles. The van der Waals surface area contributed by atoms with E-state index in [2.05, 4.69) is 10.3 Å². The van der Waals surface area contributed by atoms with Crippen molar-refractivity contribution in [3.05, 3.63) is 35.3 Å². The van der Waals surface area contributed by atoms with Crippen LogP contribution in [0.15, 0.2) is 29.6 Å². The van der Waals surface area contributed by atoms with Gasteiger partial charge in [-0.1, -0.05) is 19.3 Å². The summed E-state index contributed by atoms with van der Waals surface area (Å²) in [5, 5.41) is 5.33. The van der Waals surface area contributed by atoms with Crippen LogP contribution in [-0.4, -0.2) is 36.1 Å². The Balaban J connectivity index is 1.57. The van der Waals surface area contributed by atoms with Gasteiger partial charge in [0, 0.05) is 17.0 Å². The molecule has 7 heteroatoms. The van der Waals surface area contributed by atoms with E-state index < -0.39 is 12.1 Å².